The lowest BCUT2D eigenvalue weighted by molar-refractivity contribution is -0.483. The minimum absolute atomic E-state index is 0.0808. The number of carbonyl (C=O) groups excluding carboxylic acids is 1. The van der Waals surface area contributed by atoms with Crippen molar-refractivity contribution in [2.45, 2.75) is 39.2 Å². The van der Waals surface area contributed by atoms with Crippen LogP contribution in [0.2, 0.25) is 0 Å². The summed E-state index contributed by atoms with van der Waals surface area (Å²) in [6, 6.07) is 7.37. The van der Waals surface area contributed by atoms with Crippen molar-refractivity contribution in [1.82, 2.24) is 5.32 Å². The predicted molar refractivity (Wildman–Crippen MR) is 89.2 cm³/mol. The topological polar surface area (TPSA) is 81.5 Å². The second kappa shape index (κ2) is 8.92. The van der Waals surface area contributed by atoms with Crippen molar-refractivity contribution in [2.75, 3.05) is 13.7 Å². The third kappa shape index (κ3) is 6.95. The Bertz CT molecular complexity index is 564. The molecule has 0 aliphatic heterocycles. The Kier molecular flexibility index (Phi) is 7.25. The highest BCUT2D eigenvalue weighted by atomic mass is 16.6. The van der Waals surface area contributed by atoms with Crippen LogP contribution in [0.25, 0.3) is 0 Å². The molecule has 0 aliphatic carbocycles. The van der Waals surface area contributed by atoms with Crippen LogP contribution in [-0.4, -0.2) is 30.4 Å². The molecule has 0 fully saturated rings. The molecule has 0 aliphatic rings. The molecule has 1 aromatic rings. The molecule has 1 rings (SSSR count). The third-order valence-corrected chi connectivity index (χ3v) is 3.27. The van der Waals surface area contributed by atoms with Gasteiger partial charge in [0.1, 0.15) is 5.75 Å². The summed E-state index contributed by atoms with van der Waals surface area (Å²) in [7, 11) is 1.57. The summed E-state index contributed by atoms with van der Waals surface area (Å²) < 4.78 is 5.11. The van der Waals surface area contributed by atoms with E-state index in [1.165, 1.54) is 13.0 Å². The van der Waals surface area contributed by atoms with Gasteiger partial charge in [-0.3, -0.25) is 14.9 Å². The van der Waals surface area contributed by atoms with E-state index in [9.17, 15) is 14.9 Å². The van der Waals surface area contributed by atoms with Crippen LogP contribution in [0.5, 0.6) is 5.75 Å². The van der Waals surface area contributed by atoms with Crippen molar-refractivity contribution in [1.29, 1.82) is 0 Å². The molecule has 0 spiro atoms. The van der Waals surface area contributed by atoms with Gasteiger partial charge in [-0.15, -0.1) is 0 Å². The van der Waals surface area contributed by atoms with Gasteiger partial charge in [0, 0.05) is 23.1 Å². The van der Waals surface area contributed by atoms with Crippen LogP contribution in [0.1, 0.15) is 38.7 Å². The summed E-state index contributed by atoms with van der Waals surface area (Å²) in [6.07, 6.45) is 1.92. The monoisotopic (exact) mass is 320 g/mol. The molecular formula is C17H24N2O4. The number of benzene rings is 1. The van der Waals surface area contributed by atoms with Gasteiger partial charge in [0.25, 0.3) is 0 Å². The zero-order valence-electron chi connectivity index (χ0n) is 14.0. The summed E-state index contributed by atoms with van der Waals surface area (Å²) in [4.78, 5) is 22.1. The van der Waals surface area contributed by atoms with Crippen molar-refractivity contribution in [3.05, 3.63) is 51.7 Å². The van der Waals surface area contributed by atoms with Gasteiger partial charge in [-0.05, 0) is 44.5 Å². The Morgan fingerprint density at radius 2 is 1.96 bits per heavy atom. The molecule has 0 heterocycles. The van der Waals surface area contributed by atoms with E-state index >= 15 is 0 Å². The number of nitrogens with zero attached hydrogens (tertiary/aromatic N) is 1. The van der Waals surface area contributed by atoms with Crippen LogP contribution in [0.4, 0.5) is 0 Å². The number of nitrogens with one attached hydrogen (secondary N) is 1. The number of ether oxygens (including phenoxy) is 1. The fourth-order valence-electron chi connectivity index (χ4n) is 2.38. The Morgan fingerprint density at radius 1 is 1.35 bits per heavy atom. The fourth-order valence-corrected chi connectivity index (χ4v) is 2.38. The van der Waals surface area contributed by atoms with Gasteiger partial charge in [0.15, 0.2) is 5.78 Å². The van der Waals surface area contributed by atoms with Crippen LogP contribution in [0.15, 0.2) is 36.0 Å². The van der Waals surface area contributed by atoms with Gasteiger partial charge in [0.2, 0.25) is 6.54 Å². The zero-order valence-corrected chi connectivity index (χ0v) is 14.0. The summed E-state index contributed by atoms with van der Waals surface area (Å²) in [5.41, 5.74) is 1.57. The minimum Gasteiger partial charge on any atom is -0.497 e. The summed E-state index contributed by atoms with van der Waals surface area (Å²) in [5.74, 6) is 0.309. The van der Waals surface area contributed by atoms with E-state index < -0.39 is 0 Å². The van der Waals surface area contributed by atoms with Crippen molar-refractivity contribution in [2.24, 2.45) is 0 Å². The van der Waals surface area contributed by atoms with Gasteiger partial charge in [-0.2, -0.15) is 0 Å². The molecule has 1 aromatic carbocycles. The number of hydrogen-bond donors (Lipinski definition) is 1. The van der Waals surface area contributed by atoms with E-state index in [0.29, 0.717) is 12.2 Å². The van der Waals surface area contributed by atoms with Crippen LogP contribution < -0.4 is 10.1 Å². The number of allylic oxidation sites excluding steroid dienone is 2. The van der Waals surface area contributed by atoms with E-state index in [4.69, 9.17) is 4.74 Å². The third-order valence-electron chi connectivity index (χ3n) is 3.27. The maximum absolute atomic E-state index is 11.4. The molecule has 126 valence electrons. The van der Waals surface area contributed by atoms with Crippen molar-refractivity contribution in [3.63, 3.8) is 0 Å². The van der Waals surface area contributed by atoms with Crippen molar-refractivity contribution < 1.29 is 14.5 Å². The number of carbonyl (C=O) groups is 1. The van der Waals surface area contributed by atoms with E-state index in [1.54, 1.807) is 19.2 Å². The Balaban J connectivity index is 3.03. The molecule has 6 nitrogen and oxygen atoms in total. The molecule has 6 heteroatoms. The summed E-state index contributed by atoms with van der Waals surface area (Å²) >= 11 is 0. The van der Waals surface area contributed by atoms with Crippen LogP contribution in [0, 0.1) is 10.1 Å². The second-order valence-corrected chi connectivity index (χ2v) is 5.77. The molecule has 1 N–H and O–H groups in total. The molecule has 0 saturated carbocycles. The van der Waals surface area contributed by atoms with Gasteiger partial charge in [-0.25, -0.2) is 0 Å². The molecule has 1 unspecified atom stereocenters. The van der Waals surface area contributed by atoms with E-state index in [2.05, 4.69) is 5.32 Å². The maximum atomic E-state index is 11.4. The molecule has 0 radical (unpaired) electrons. The second-order valence-electron chi connectivity index (χ2n) is 5.77. The Labute approximate surface area is 136 Å². The highest BCUT2D eigenvalue weighted by Crippen LogP contribution is 2.25. The molecule has 0 aromatic heterocycles. The van der Waals surface area contributed by atoms with E-state index in [0.717, 1.165) is 11.3 Å². The molecule has 23 heavy (non-hydrogen) atoms. The van der Waals surface area contributed by atoms with Crippen LogP contribution in [0.3, 0.4) is 0 Å². The number of rotatable bonds is 9. The predicted octanol–water partition coefficient (Wildman–Crippen LogP) is 2.92. The SMILES string of the molecule is COc1ccc(C(C/C(=C/C(C)=O)NC(C)C)C[N+](=O)[O-])cc1. The first-order valence-electron chi connectivity index (χ1n) is 7.55. The first-order valence-corrected chi connectivity index (χ1v) is 7.55. The Hall–Kier alpha value is -2.37. The number of methoxy groups -OCH3 is 1. The molecule has 0 saturated heterocycles. The van der Waals surface area contributed by atoms with E-state index in [-0.39, 0.29) is 29.2 Å². The first-order chi connectivity index (χ1) is 10.8. The number of nitro groups is 1. The van der Waals surface area contributed by atoms with Gasteiger partial charge in [0.05, 0.1) is 13.0 Å². The maximum Gasteiger partial charge on any atom is 0.211 e. The molecule has 1 atom stereocenters. The average Bonchev–Trinajstić information content (AvgIpc) is 2.44. The van der Waals surface area contributed by atoms with Gasteiger partial charge in [-0.1, -0.05) is 12.1 Å². The highest BCUT2D eigenvalue weighted by Gasteiger charge is 2.20. The van der Waals surface area contributed by atoms with Gasteiger partial charge < -0.3 is 10.1 Å². The van der Waals surface area contributed by atoms with Crippen molar-refractivity contribution in [3.8, 4) is 5.75 Å². The van der Waals surface area contributed by atoms with Crippen LogP contribution >= 0.6 is 0 Å². The van der Waals surface area contributed by atoms with Gasteiger partial charge >= 0.3 is 0 Å². The highest BCUT2D eigenvalue weighted by molar-refractivity contribution is 5.87. The van der Waals surface area contributed by atoms with E-state index in [1.807, 2.05) is 26.0 Å². The normalized spacial score (nSPS) is 12.8. The lowest BCUT2D eigenvalue weighted by atomic mass is 9.93. The fraction of sp³-hybridized carbons (Fsp3) is 0.471. The smallest absolute Gasteiger partial charge is 0.211 e. The molecular weight excluding hydrogens is 296 g/mol. The molecule has 0 bridgehead atoms. The summed E-state index contributed by atoms with van der Waals surface area (Å²) in [5, 5.41) is 14.2. The Morgan fingerprint density at radius 3 is 2.39 bits per heavy atom. The standard InChI is InChI=1S/C17H24N2O4/c1-12(2)18-16(9-13(3)20)10-15(11-19(21)22)14-5-7-17(23-4)8-6-14/h5-9,12,15,18H,10-11H2,1-4H3/b16-9-. The summed E-state index contributed by atoms with van der Waals surface area (Å²) in [6.45, 7) is 5.20. The minimum atomic E-state index is -0.324. The number of hydrogen-bond acceptors (Lipinski definition) is 5. The van der Waals surface area contributed by atoms with Crippen molar-refractivity contribution >= 4 is 5.78 Å². The quantitative estimate of drug-likeness (QED) is 0.430. The first kappa shape index (κ1) is 18.7. The molecule has 0 amide bonds. The lowest BCUT2D eigenvalue weighted by Gasteiger charge is -2.19. The largest absolute Gasteiger partial charge is 0.497 e. The number of ketones is 1. The van der Waals surface area contributed by atoms with Crippen LogP contribution in [-0.2, 0) is 4.79 Å². The lowest BCUT2D eigenvalue weighted by Crippen LogP contribution is -2.25. The average molecular weight is 320 g/mol. The zero-order chi connectivity index (χ0) is 17.4.